The summed E-state index contributed by atoms with van der Waals surface area (Å²) in [5, 5.41) is 10.1. The molecule has 4 aromatic rings. The summed E-state index contributed by atoms with van der Waals surface area (Å²) < 4.78 is 28.5. The van der Waals surface area contributed by atoms with E-state index in [1.807, 2.05) is 37.3 Å². The van der Waals surface area contributed by atoms with Crippen molar-refractivity contribution in [2.45, 2.75) is 39.5 Å². The van der Waals surface area contributed by atoms with Gasteiger partial charge in [-0.1, -0.05) is 38.1 Å². The van der Waals surface area contributed by atoms with Gasteiger partial charge in [0.2, 0.25) is 0 Å². The second-order valence-corrected chi connectivity index (χ2v) is 12.2. The second kappa shape index (κ2) is 16.3. The maximum Gasteiger partial charge on any atom is 0.194 e. The number of phenols is 1. The smallest absolute Gasteiger partial charge is 0.194 e. The second-order valence-electron chi connectivity index (χ2n) is 12.2. The molecule has 1 aliphatic heterocycles. The average molecular weight is 702 g/mol. The summed E-state index contributed by atoms with van der Waals surface area (Å²) in [4.78, 5) is 28.0. The topological polar surface area (TPSA) is 104 Å². The standard InChI is InChI=1S/C23H27NO4.C17H16O4.ClH/c1-3-12-27-16-14-18-22(20(15-16)26-2)21-17(23(18)25)7-6-8-19(21)28-13-11-24-9-4-5-10-24;1-3-7-21-10-8-12-16(14(9-10)20-2)15-11(17(12)19)5-4-6-13(15)18;/h6-8,14-15H,3-5,9-13H2,1-2H3;4-6,8-9,18H,3,7H2,1-2H3;1H. The zero-order valence-corrected chi connectivity index (χ0v) is 29.8. The Morgan fingerprint density at radius 3 is 1.66 bits per heavy atom. The van der Waals surface area contributed by atoms with Crippen LogP contribution in [0.5, 0.6) is 34.5 Å². The first-order chi connectivity index (χ1) is 23.9. The number of hydrogen-bond acceptors (Lipinski definition) is 9. The van der Waals surface area contributed by atoms with E-state index in [9.17, 15) is 14.7 Å². The maximum absolute atomic E-state index is 13.0. The number of phenolic OH excluding ortho intramolecular Hbond substituents is 1. The number of halogens is 1. The van der Waals surface area contributed by atoms with Gasteiger partial charge in [-0.05, 0) is 63.0 Å². The van der Waals surface area contributed by atoms with Crippen molar-refractivity contribution >= 4 is 24.0 Å². The van der Waals surface area contributed by atoms with Crippen LogP contribution in [0.25, 0.3) is 22.3 Å². The Balaban J connectivity index is 0.000000198. The molecule has 0 atom stereocenters. The van der Waals surface area contributed by atoms with E-state index in [1.54, 1.807) is 44.6 Å². The molecule has 0 spiro atoms. The van der Waals surface area contributed by atoms with Crippen molar-refractivity contribution in [3.8, 4) is 56.8 Å². The van der Waals surface area contributed by atoms with E-state index in [-0.39, 0.29) is 29.7 Å². The van der Waals surface area contributed by atoms with Crippen molar-refractivity contribution in [2.75, 3.05) is 53.7 Å². The molecule has 1 N–H and O–H groups in total. The van der Waals surface area contributed by atoms with Gasteiger partial charge in [-0.3, -0.25) is 14.5 Å². The molecular weight excluding hydrogens is 658 g/mol. The van der Waals surface area contributed by atoms with Gasteiger partial charge in [-0.15, -0.1) is 12.4 Å². The first-order valence-electron chi connectivity index (χ1n) is 17.0. The minimum absolute atomic E-state index is 0. The van der Waals surface area contributed by atoms with Crippen LogP contribution in [-0.4, -0.2) is 75.2 Å². The molecule has 4 aromatic carbocycles. The zero-order chi connectivity index (χ0) is 34.5. The summed E-state index contributed by atoms with van der Waals surface area (Å²) in [6, 6.07) is 17.8. The van der Waals surface area contributed by atoms with Crippen molar-refractivity contribution < 1.29 is 38.4 Å². The van der Waals surface area contributed by atoms with Crippen molar-refractivity contribution in [1.82, 2.24) is 4.90 Å². The van der Waals surface area contributed by atoms with E-state index in [2.05, 4.69) is 11.8 Å². The number of aromatic hydroxyl groups is 1. The number of rotatable bonds is 12. The van der Waals surface area contributed by atoms with Gasteiger partial charge in [-0.2, -0.15) is 0 Å². The van der Waals surface area contributed by atoms with E-state index in [4.69, 9.17) is 23.7 Å². The average Bonchev–Trinajstić information content (AvgIpc) is 3.83. The van der Waals surface area contributed by atoms with Crippen LogP contribution in [0.1, 0.15) is 71.4 Å². The summed E-state index contributed by atoms with van der Waals surface area (Å²) in [6.07, 6.45) is 4.32. The summed E-state index contributed by atoms with van der Waals surface area (Å²) in [5.41, 5.74) is 5.12. The molecule has 0 aromatic heterocycles. The number of hydrogen-bond donors (Lipinski definition) is 1. The van der Waals surface area contributed by atoms with Crippen molar-refractivity contribution in [1.29, 1.82) is 0 Å². The molecule has 0 radical (unpaired) electrons. The Hall–Kier alpha value is -4.73. The van der Waals surface area contributed by atoms with Crippen LogP contribution in [0.15, 0.2) is 60.7 Å². The number of nitrogens with zero attached hydrogens (tertiary/aromatic N) is 1. The van der Waals surface area contributed by atoms with Crippen LogP contribution in [0, 0.1) is 0 Å². The third-order valence-electron chi connectivity index (χ3n) is 8.95. The quantitative estimate of drug-likeness (QED) is 0.136. The molecule has 1 fully saturated rings. The molecular formula is C40H44ClNO8. The lowest BCUT2D eigenvalue weighted by atomic mass is 10.0. The minimum Gasteiger partial charge on any atom is -0.507 e. The van der Waals surface area contributed by atoms with Crippen molar-refractivity contribution in [3.05, 3.63) is 82.9 Å². The van der Waals surface area contributed by atoms with Gasteiger partial charge in [0, 0.05) is 63.2 Å². The molecule has 264 valence electrons. The summed E-state index contributed by atoms with van der Waals surface area (Å²) in [5.74, 6) is 3.15. The zero-order valence-electron chi connectivity index (χ0n) is 29.0. The highest BCUT2D eigenvalue weighted by molar-refractivity contribution is 6.24. The van der Waals surface area contributed by atoms with Crippen LogP contribution in [0.4, 0.5) is 0 Å². The van der Waals surface area contributed by atoms with Gasteiger partial charge in [0.25, 0.3) is 0 Å². The van der Waals surface area contributed by atoms with Gasteiger partial charge in [0.1, 0.15) is 41.1 Å². The fourth-order valence-corrected chi connectivity index (χ4v) is 6.65. The molecule has 50 heavy (non-hydrogen) atoms. The number of methoxy groups -OCH3 is 2. The molecule has 3 aliphatic rings. The Labute approximate surface area is 299 Å². The maximum atomic E-state index is 13.0. The summed E-state index contributed by atoms with van der Waals surface area (Å²) >= 11 is 0. The third kappa shape index (κ3) is 7.11. The number of fused-ring (bicyclic) bond motifs is 6. The van der Waals surface area contributed by atoms with Gasteiger partial charge < -0.3 is 28.8 Å². The summed E-state index contributed by atoms with van der Waals surface area (Å²) in [6.45, 7) is 9.06. The van der Waals surface area contributed by atoms with Crippen LogP contribution in [0.2, 0.25) is 0 Å². The van der Waals surface area contributed by atoms with Gasteiger partial charge in [-0.25, -0.2) is 0 Å². The monoisotopic (exact) mass is 701 g/mol. The molecule has 9 nitrogen and oxygen atoms in total. The molecule has 7 rings (SSSR count). The lowest BCUT2D eigenvalue weighted by molar-refractivity contribution is 0.103. The minimum atomic E-state index is -0.115. The van der Waals surface area contributed by atoms with Gasteiger partial charge in [0.05, 0.1) is 27.4 Å². The molecule has 10 heteroatoms. The first-order valence-corrected chi connectivity index (χ1v) is 17.0. The predicted molar refractivity (Wildman–Crippen MR) is 195 cm³/mol. The molecule has 0 saturated carbocycles. The predicted octanol–water partition coefficient (Wildman–Crippen LogP) is 7.99. The number of carbonyl (C=O) groups excluding carboxylic acids is 2. The van der Waals surface area contributed by atoms with Crippen LogP contribution in [0.3, 0.4) is 0 Å². The number of ether oxygens (including phenoxy) is 5. The van der Waals surface area contributed by atoms with Gasteiger partial charge >= 0.3 is 0 Å². The molecule has 2 aliphatic carbocycles. The molecule has 1 saturated heterocycles. The normalized spacial score (nSPS) is 13.7. The lowest BCUT2D eigenvalue weighted by Crippen LogP contribution is -2.25. The number of benzene rings is 4. The highest BCUT2D eigenvalue weighted by Crippen LogP contribution is 2.50. The molecule has 0 amide bonds. The van der Waals surface area contributed by atoms with E-state index in [1.165, 1.54) is 12.8 Å². The van der Waals surface area contributed by atoms with E-state index < -0.39 is 0 Å². The van der Waals surface area contributed by atoms with Crippen LogP contribution in [-0.2, 0) is 0 Å². The lowest BCUT2D eigenvalue weighted by Gasteiger charge is -2.17. The Kier molecular flexibility index (Phi) is 11.9. The van der Waals surface area contributed by atoms with Crippen LogP contribution >= 0.6 is 12.4 Å². The van der Waals surface area contributed by atoms with Gasteiger partial charge in [0.15, 0.2) is 11.6 Å². The molecule has 1 heterocycles. The Bertz CT molecular complexity index is 1870. The van der Waals surface area contributed by atoms with E-state index in [0.717, 1.165) is 49.4 Å². The SMILES string of the molecule is CCCOc1cc(OC)c2c(c1)C(=O)c1cccc(O)c1-2.CCCOc1cc(OC)c2c(c1)C(=O)c1cccc(OCCN3CCCC3)c1-2.Cl. The molecule has 0 unspecified atom stereocenters. The molecule has 0 bridgehead atoms. The highest BCUT2D eigenvalue weighted by Gasteiger charge is 2.34. The fourth-order valence-electron chi connectivity index (χ4n) is 6.65. The first kappa shape index (κ1) is 36.5. The number of likely N-dealkylation sites (tertiary alicyclic amines) is 1. The van der Waals surface area contributed by atoms with Crippen molar-refractivity contribution in [2.24, 2.45) is 0 Å². The Morgan fingerprint density at radius 2 is 1.12 bits per heavy atom. The number of ketones is 2. The Morgan fingerprint density at radius 1 is 0.620 bits per heavy atom. The highest BCUT2D eigenvalue weighted by atomic mass is 35.5. The fraction of sp³-hybridized carbons (Fsp3) is 0.350. The summed E-state index contributed by atoms with van der Waals surface area (Å²) in [7, 11) is 3.17. The van der Waals surface area contributed by atoms with E-state index >= 15 is 0 Å². The number of carbonyl (C=O) groups is 2. The van der Waals surface area contributed by atoms with Crippen LogP contribution < -0.4 is 23.7 Å². The third-order valence-corrected chi connectivity index (χ3v) is 8.95. The van der Waals surface area contributed by atoms with E-state index in [0.29, 0.717) is 76.2 Å². The van der Waals surface area contributed by atoms with Crippen molar-refractivity contribution in [3.63, 3.8) is 0 Å². The largest absolute Gasteiger partial charge is 0.507 e.